The molecule has 0 fully saturated rings. The Kier molecular flexibility index (Phi) is 5.10. The highest BCUT2D eigenvalue weighted by Crippen LogP contribution is 2.14. The minimum Gasteiger partial charge on any atom is -0.444 e. The largest absolute Gasteiger partial charge is 0.444 e. The molecular weight excluding hydrogens is 318 g/mol. The predicted molar refractivity (Wildman–Crippen MR) is 89.6 cm³/mol. The van der Waals surface area contributed by atoms with E-state index in [0.717, 1.165) is 11.5 Å². The molecule has 7 nitrogen and oxygen atoms in total. The number of carbonyl (C=O) groups excluding carboxylic acids is 1. The second-order valence-corrected chi connectivity index (χ2v) is 6.36. The first-order valence-electron chi connectivity index (χ1n) is 7.10. The average Bonchev–Trinajstić information content (AvgIpc) is 2.76. The lowest BCUT2D eigenvalue weighted by molar-refractivity contribution is 0.0635. The number of carbonyl (C=O) groups is 1. The quantitative estimate of drug-likeness (QED) is 0.893. The van der Waals surface area contributed by atoms with E-state index in [-0.39, 0.29) is 0 Å². The second kappa shape index (κ2) is 6.87. The number of nitrogens with one attached hydrogen (secondary N) is 2. The number of pyridine rings is 1. The Bertz CT molecular complexity index is 676. The van der Waals surface area contributed by atoms with E-state index in [1.807, 2.05) is 13.1 Å². The Balaban J connectivity index is 1.89. The van der Waals surface area contributed by atoms with Gasteiger partial charge in [-0.05, 0) is 32.9 Å². The highest BCUT2D eigenvalue weighted by Gasteiger charge is 2.16. The fourth-order valence-corrected chi connectivity index (χ4v) is 1.90. The van der Waals surface area contributed by atoms with Gasteiger partial charge in [0.15, 0.2) is 0 Å². The van der Waals surface area contributed by atoms with E-state index in [2.05, 4.69) is 20.6 Å². The number of halogens is 1. The van der Waals surface area contributed by atoms with E-state index in [0.29, 0.717) is 17.5 Å². The summed E-state index contributed by atoms with van der Waals surface area (Å²) in [5, 5.41) is 6.34. The zero-order valence-corrected chi connectivity index (χ0v) is 14.3. The van der Waals surface area contributed by atoms with Crippen LogP contribution in [0.5, 0.6) is 0 Å². The van der Waals surface area contributed by atoms with Crippen molar-refractivity contribution in [1.29, 1.82) is 0 Å². The van der Waals surface area contributed by atoms with Crippen LogP contribution in [0, 0.1) is 0 Å². The van der Waals surface area contributed by atoms with Crippen LogP contribution in [0.4, 0.5) is 16.3 Å². The zero-order valence-electron chi connectivity index (χ0n) is 13.6. The first-order valence-corrected chi connectivity index (χ1v) is 7.48. The maximum absolute atomic E-state index is 11.7. The molecule has 0 radical (unpaired) electrons. The van der Waals surface area contributed by atoms with Crippen molar-refractivity contribution in [2.75, 3.05) is 10.6 Å². The van der Waals surface area contributed by atoms with Crippen molar-refractivity contribution in [3.63, 3.8) is 0 Å². The zero-order chi connectivity index (χ0) is 17.0. The van der Waals surface area contributed by atoms with Crippen molar-refractivity contribution in [2.45, 2.75) is 32.9 Å². The summed E-state index contributed by atoms with van der Waals surface area (Å²) in [6.45, 7) is 5.93. The standard InChI is InChI=1S/C15H20ClN5O2/c1-15(2,3)23-14(22)20-12-6-5-10(7-18-12)17-9-13-19-8-11(16)21(13)4/h5-8,17H,9H2,1-4H3,(H,18,20,22). The van der Waals surface area contributed by atoms with Gasteiger partial charge in [-0.2, -0.15) is 0 Å². The third-order valence-corrected chi connectivity index (χ3v) is 3.22. The molecule has 124 valence electrons. The van der Waals surface area contributed by atoms with Crippen LogP contribution >= 0.6 is 11.6 Å². The van der Waals surface area contributed by atoms with Crippen molar-refractivity contribution in [3.8, 4) is 0 Å². The molecule has 0 bridgehead atoms. The molecule has 0 saturated carbocycles. The fraction of sp³-hybridized carbons (Fsp3) is 0.400. The van der Waals surface area contributed by atoms with E-state index in [1.165, 1.54) is 0 Å². The molecular formula is C15H20ClN5O2. The number of aromatic nitrogens is 3. The monoisotopic (exact) mass is 337 g/mol. The lowest BCUT2D eigenvalue weighted by Crippen LogP contribution is -2.27. The number of nitrogens with zero attached hydrogens (tertiary/aromatic N) is 3. The summed E-state index contributed by atoms with van der Waals surface area (Å²) in [7, 11) is 1.85. The average molecular weight is 338 g/mol. The number of hydrogen-bond donors (Lipinski definition) is 2. The molecule has 23 heavy (non-hydrogen) atoms. The second-order valence-electron chi connectivity index (χ2n) is 5.97. The number of imidazole rings is 1. The Morgan fingerprint density at radius 1 is 1.30 bits per heavy atom. The molecule has 0 aliphatic rings. The summed E-state index contributed by atoms with van der Waals surface area (Å²) in [6.07, 6.45) is 2.69. The molecule has 0 atom stereocenters. The molecule has 2 N–H and O–H groups in total. The van der Waals surface area contributed by atoms with Gasteiger partial charge < -0.3 is 14.6 Å². The molecule has 8 heteroatoms. The SMILES string of the molecule is Cn1c(Cl)cnc1CNc1ccc(NC(=O)OC(C)(C)C)nc1. The minimum absolute atomic E-state index is 0.421. The maximum Gasteiger partial charge on any atom is 0.413 e. The van der Waals surface area contributed by atoms with Crippen LogP contribution in [-0.2, 0) is 18.3 Å². The summed E-state index contributed by atoms with van der Waals surface area (Å²) >= 11 is 5.93. The highest BCUT2D eigenvalue weighted by molar-refractivity contribution is 6.29. The predicted octanol–water partition coefficient (Wildman–Crippen LogP) is 3.43. The number of hydrogen-bond acceptors (Lipinski definition) is 5. The summed E-state index contributed by atoms with van der Waals surface area (Å²) in [5.41, 5.74) is 0.258. The normalized spacial score (nSPS) is 11.2. The molecule has 2 rings (SSSR count). The molecule has 2 aromatic heterocycles. The molecule has 0 aliphatic heterocycles. The molecule has 0 aromatic carbocycles. The van der Waals surface area contributed by atoms with Crippen molar-refractivity contribution in [1.82, 2.24) is 14.5 Å². The molecule has 2 aromatic rings. The molecule has 0 saturated heterocycles. The van der Waals surface area contributed by atoms with E-state index < -0.39 is 11.7 Å². The number of amides is 1. The Morgan fingerprint density at radius 2 is 2.04 bits per heavy atom. The van der Waals surface area contributed by atoms with Crippen molar-refractivity contribution in [2.24, 2.45) is 7.05 Å². The van der Waals surface area contributed by atoms with Crippen LogP contribution in [0.2, 0.25) is 5.15 Å². The molecule has 0 unspecified atom stereocenters. The van der Waals surface area contributed by atoms with Crippen LogP contribution < -0.4 is 10.6 Å². The Morgan fingerprint density at radius 3 is 2.57 bits per heavy atom. The van der Waals surface area contributed by atoms with Gasteiger partial charge in [-0.1, -0.05) is 11.6 Å². The van der Waals surface area contributed by atoms with E-state index in [9.17, 15) is 4.79 Å². The van der Waals surface area contributed by atoms with Crippen LogP contribution in [-0.4, -0.2) is 26.2 Å². The van der Waals surface area contributed by atoms with Crippen LogP contribution in [0.3, 0.4) is 0 Å². The van der Waals surface area contributed by atoms with Gasteiger partial charge in [-0.3, -0.25) is 5.32 Å². The summed E-state index contributed by atoms with van der Waals surface area (Å²) < 4.78 is 6.96. The lowest BCUT2D eigenvalue weighted by Gasteiger charge is -2.19. The first kappa shape index (κ1) is 17.1. The first-order chi connectivity index (χ1) is 10.7. The van der Waals surface area contributed by atoms with Gasteiger partial charge in [0.05, 0.1) is 24.6 Å². The van der Waals surface area contributed by atoms with Gasteiger partial charge in [0.25, 0.3) is 0 Å². The van der Waals surface area contributed by atoms with Crippen LogP contribution in [0.25, 0.3) is 0 Å². The Labute approximate surface area is 140 Å². The van der Waals surface area contributed by atoms with Gasteiger partial charge >= 0.3 is 6.09 Å². The smallest absolute Gasteiger partial charge is 0.413 e. The van der Waals surface area contributed by atoms with Gasteiger partial charge in [-0.15, -0.1) is 0 Å². The maximum atomic E-state index is 11.7. The van der Waals surface area contributed by atoms with Gasteiger partial charge in [0.2, 0.25) is 0 Å². The molecule has 2 heterocycles. The minimum atomic E-state index is -0.547. The van der Waals surface area contributed by atoms with Crippen LogP contribution in [0.1, 0.15) is 26.6 Å². The number of ether oxygens (including phenoxy) is 1. The number of rotatable bonds is 4. The summed E-state index contributed by atoms with van der Waals surface area (Å²) in [5.74, 6) is 1.23. The van der Waals surface area contributed by atoms with Gasteiger partial charge in [0.1, 0.15) is 22.4 Å². The summed E-state index contributed by atoms with van der Waals surface area (Å²) in [4.78, 5) is 20.0. The third-order valence-electron chi connectivity index (χ3n) is 2.87. The third kappa shape index (κ3) is 5.14. The van der Waals surface area contributed by atoms with E-state index in [1.54, 1.807) is 43.8 Å². The highest BCUT2D eigenvalue weighted by atomic mass is 35.5. The Hall–Kier alpha value is -2.28. The van der Waals surface area contributed by atoms with Crippen molar-refractivity contribution < 1.29 is 9.53 Å². The van der Waals surface area contributed by atoms with Gasteiger partial charge in [-0.25, -0.2) is 14.8 Å². The molecule has 0 spiro atoms. The van der Waals surface area contributed by atoms with Crippen molar-refractivity contribution >= 4 is 29.2 Å². The van der Waals surface area contributed by atoms with E-state index in [4.69, 9.17) is 16.3 Å². The molecule has 1 amide bonds. The topological polar surface area (TPSA) is 81.1 Å². The summed E-state index contributed by atoms with van der Waals surface area (Å²) in [6, 6.07) is 3.50. The van der Waals surface area contributed by atoms with Crippen LogP contribution in [0.15, 0.2) is 24.5 Å². The fourth-order valence-electron chi connectivity index (χ4n) is 1.75. The number of anilines is 2. The lowest BCUT2D eigenvalue weighted by atomic mass is 10.2. The van der Waals surface area contributed by atoms with E-state index >= 15 is 0 Å². The molecule has 0 aliphatic carbocycles. The van der Waals surface area contributed by atoms with Gasteiger partial charge in [0, 0.05) is 7.05 Å². The van der Waals surface area contributed by atoms with Crippen molar-refractivity contribution in [3.05, 3.63) is 35.5 Å².